The third-order valence-electron chi connectivity index (χ3n) is 2.55. The van der Waals surface area contributed by atoms with Gasteiger partial charge in [0.1, 0.15) is 5.69 Å². The summed E-state index contributed by atoms with van der Waals surface area (Å²) < 4.78 is 13.3. The summed E-state index contributed by atoms with van der Waals surface area (Å²) >= 11 is 0. The van der Waals surface area contributed by atoms with Crippen LogP contribution in [0.2, 0.25) is 0 Å². The van der Waals surface area contributed by atoms with E-state index in [1.807, 2.05) is 13.8 Å². The maximum Gasteiger partial charge on any atom is 0.327 e. The molecule has 1 aromatic rings. The van der Waals surface area contributed by atoms with Crippen LogP contribution >= 0.6 is 0 Å². The van der Waals surface area contributed by atoms with E-state index in [-0.39, 0.29) is 17.6 Å². The molecule has 0 amide bonds. The number of nitro benzene ring substituents is 1. The van der Waals surface area contributed by atoms with Gasteiger partial charge in [0.05, 0.1) is 4.92 Å². The van der Waals surface area contributed by atoms with E-state index in [2.05, 4.69) is 5.32 Å². The third-order valence-corrected chi connectivity index (χ3v) is 2.55. The van der Waals surface area contributed by atoms with Crippen LogP contribution in [0.25, 0.3) is 0 Å². The molecule has 0 heterocycles. The number of rotatable bonds is 5. The maximum absolute atomic E-state index is 13.3. The minimum Gasteiger partial charge on any atom is -0.378 e. The molecule has 0 aliphatic rings. The average Bonchev–Trinajstić information content (AvgIpc) is 2.24. The first kappa shape index (κ1) is 13.4. The molecule has 1 rings (SSSR count). The summed E-state index contributed by atoms with van der Waals surface area (Å²) in [5, 5.41) is 13.5. The van der Waals surface area contributed by atoms with E-state index in [0.29, 0.717) is 6.54 Å². The van der Waals surface area contributed by atoms with Gasteiger partial charge in [-0.05, 0) is 18.1 Å². The van der Waals surface area contributed by atoms with Crippen molar-refractivity contribution in [2.75, 3.05) is 11.9 Å². The highest BCUT2D eigenvalue weighted by Gasteiger charge is 2.20. The van der Waals surface area contributed by atoms with E-state index in [1.165, 1.54) is 12.1 Å². The molecule has 3 N–H and O–H groups in total. The van der Waals surface area contributed by atoms with E-state index < -0.39 is 16.4 Å². The fourth-order valence-corrected chi connectivity index (χ4v) is 1.31. The molecule has 94 valence electrons. The van der Waals surface area contributed by atoms with Gasteiger partial charge in [-0.3, -0.25) is 10.1 Å². The van der Waals surface area contributed by atoms with Crippen LogP contribution < -0.4 is 11.1 Å². The summed E-state index contributed by atoms with van der Waals surface area (Å²) in [5.74, 6) is -0.603. The molecular formula is C11H16FN3O2. The summed E-state index contributed by atoms with van der Waals surface area (Å²) in [6.07, 6.45) is 0. The van der Waals surface area contributed by atoms with Gasteiger partial charge in [-0.15, -0.1) is 0 Å². The van der Waals surface area contributed by atoms with E-state index in [4.69, 9.17) is 5.73 Å². The predicted octanol–water partition coefficient (Wildman–Crippen LogP) is 2.13. The molecule has 0 spiro atoms. The maximum atomic E-state index is 13.3. The van der Waals surface area contributed by atoms with Crippen LogP contribution in [0.4, 0.5) is 15.8 Å². The van der Waals surface area contributed by atoms with Gasteiger partial charge in [0, 0.05) is 12.6 Å². The van der Waals surface area contributed by atoms with Crippen LogP contribution in [-0.2, 0) is 0 Å². The second kappa shape index (κ2) is 5.58. The van der Waals surface area contributed by atoms with Gasteiger partial charge in [0.2, 0.25) is 5.82 Å². The second-order valence-electron chi connectivity index (χ2n) is 4.18. The Labute approximate surface area is 99.0 Å². The Kier molecular flexibility index (Phi) is 4.39. The van der Waals surface area contributed by atoms with E-state index in [1.54, 1.807) is 0 Å². The molecule has 0 aliphatic carbocycles. The fourth-order valence-electron chi connectivity index (χ4n) is 1.31. The molecule has 0 radical (unpaired) electrons. The second-order valence-corrected chi connectivity index (χ2v) is 4.18. The van der Waals surface area contributed by atoms with Crippen molar-refractivity contribution in [1.82, 2.24) is 0 Å². The van der Waals surface area contributed by atoms with Crippen molar-refractivity contribution in [3.8, 4) is 0 Å². The molecule has 0 aliphatic heterocycles. The Morgan fingerprint density at radius 2 is 2.18 bits per heavy atom. The highest BCUT2D eigenvalue weighted by atomic mass is 19.1. The predicted molar refractivity (Wildman–Crippen MR) is 64.4 cm³/mol. The molecule has 0 saturated carbocycles. The number of para-hydroxylation sites is 1. The first-order valence-electron chi connectivity index (χ1n) is 5.35. The molecule has 1 unspecified atom stereocenters. The van der Waals surface area contributed by atoms with Gasteiger partial charge in [0.15, 0.2) is 0 Å². The van der Waals surface area contributed by atoms with E-state index in [9.17, 15) is 14.5 Å². The lowest BCUT2D eigenvalue weighted by molar-refractivity contribution is -0.386. The number of hydrogen-bond donors (Lipinski definition) is 2. The molecule has 5 nitrogen and oxygen atoms in total. The SMILES string of the molecule is CC(C)C(N)CNc1cccc(F)c1[N+](=O)[O-]. The van der Waals surface area contributed by atoms with Crippen molar-refractivity contribution in [2.45, 2.75) is 19.9 Å². The zero-order valence-electron chi connectivity index (χ0n) is 9.81. The molecule has 17 heavy (non-hydrogen) atoms. The lowest BCUT2D eigenvalue weighted by Gasteiger charge is -2.16. The van der Waals surface area contributed by atoms with Gasteiger partial charge in [-0.25, -0.2) is 0 Å². The minimum absolute atomic E-state index is 0.141. The summed E-state index contributed by atoms with van der Waals surface area (Å²) in [6, 6.07) is 3.81. The first-order valence-corrected chi connectivity index (χ1v) is 5.35. The fraction of sp³-hybridized carbons (Fsp3) is 0.455. The summed E-state index contributed by atoms with van der Waals surface area (Å²) in [7, 11) is 0. The monoisotopic (exact) mass is 241 g/mol. The van der Waals surface area contributed by atoms with Gasteiger partial charge < -0.3 is 11.1 Å². The van der Waals surface area contributed by atoms with Gasteiger partial charge in [-0.2, -0.15) is 4.39 Å². The summed E-state index contributed by atoms with van der Waals surface area (Å²) in [4.78, 5) is 9.98. The van der Waals surface area contributed by atoms with E-state index >= 15 is 0 Å². The topological polar surface area (TPSA) is 81.2 Å². The van der Waals surface area contributed by atoms with Gasteiger partial charge in [-0.1, -0.05) is 19.9 Å². The van der Waals surface area contributed by atoms with Crippen molar-refractivity contribution in [1.29, 1.82) is 0 Å². The van der Waals surface area contributed by atoms with Crippen LogP contribution in [0.5, 0.6) is 0 Å². The smallest absolute Gasteiger partial charge is 0.327 e. The molecule has 6 heteroatoms. The zero-order valence-corrected chi connectivity index (χ0v) is 9.81. The van der Waals surface area contributed by atoms with Crippen LogP contribution in [-0.4, -0.2) is 17.5 Å². The number of hydrogen-bond acceptors (Lipinski definition) is 4. The van der Waals surface area contributed by atoms with Crippen LogP contribution in [0, 0.1) is 21.8 Å². The number of nitrogens with two attached hydrogens (primary N) is 1. The molecule has 0 aromatic heterocycles. The number of benzene rings is 1. The average molecular weight is 241 g/mol. The Morgan fingerprint density at radius 3 is 2.71 bits per heavy atom. The van der Waals surface area contributed by atoms with E-state index in [0.717, 1.165) is 6.07 Å². The molecular weight excluding hydrogens is 225 g/mol. The first-order chi connectivity index (χ1) is 7.93. The van der Waals surface area contributed by atoms with Crippen molar-refractivity contribution in [2.24, 2.45) is 11.7 Å². The quantitative estimate of drug-likeness (QED) is 0.611. The Hall–Kier alpha value is -1.69. The highest BCUT2D eigenvalue weighted by Crippen LogP contribution is 2.27. The normalized spacial score (nSPS) is 12.5. The number of halogens is 1. The zero-order chi connectivity index (χ0) is 13.0. The minimum atomic E-state index is -0.849. The van der Waals surface area contributed by atoms with Gasteiger partial charge >= 0.3 is 5.69 Å². The van der Waals surface area contributed by atoms with Crippen LogP contribution in [0.3, 0.4) is 0 Å². The number of nitrogens with one attached hydrogen (secondary N) is 1. The van der Waals surface area contributed by atoms with Crippen LogP contribution in [0.1, 0.15) is 13.8 Å². The van der Waals surface area contributed by atoms with Crippen molar-refractivity contribution in [3.63, 3.8) is 0 Å². The van der Waals surface area contributed by atoms with Crippen molar-refractivity contribution < 1.29 is 9.31 Å². The molecule has 0 fully saturated rings. The molecule has 0 bridgehead atoms. The third kappa shape index (κ3) is 3.39. The Bertz CT molecular complexity index is 410. The number of anilines is 1. The lowest BCUT2D eigenvalue weighted by atomic mass is 10.1. The lowest BCUT2D eigenvalue weighted by Crippen LogP contribution is -2.34. The molecule has 1 atom stereocenters. The van der Waals surface area contributed by atoms with Crippen molar-refractivity contribution >= 4 is 11.4 Å². The Morgan fingerprint density at radius 1 is 1.53 bits per heavy atom. The molecule has 0 saturated heterocycles. The van der Waals surface area contributed by atoms with Crippen LogP contribution in [0.15, 0.2) is 18.2 Å². The number of nitrogens with zero attached hydrogens (tertiary/aromatic N) is 1. The highest BCUT2D eigenvalue weighted by molar-refractivity contribution is 5.61. The summed E-state index contributed by atoms with van der Waals surface area (Å²) in [6.45, 7) is 4.26. The number of nitro groups is 1. The molecule has 1 aromatic carbocycles. The van der Waals surface area contributed by atoms with Gasteiger partial charge in [0.25, 0.3) is 0 Å². The Balaban J connectivity index is 2.84. The largest absolute Gasteiger partial charge is 0.378 e. The van der Waals surface area contributed by atoms with Crippen molar-refractivity contribution in [3.05, 3.63) is 34.1 Å². The summed E-state index contributed by atoms with van der Waals surface area (Å²) in [5.41, 5.74) is 5.42. The standard InChI is InChI=1S/C11H16FN3O2/c1-7(2)9(13)6-14-10-5-3-4-8(12)11(10)15(16)17/h3-5,7,9,14H,6,13H2,1-2H3.